The Balaban J connectivity index is 2.08. The maximum atomic E-state index is 11.5. The Morgan fingerprint density at radius 3 is 3.06 bits per heavy atom. The molecule has 5 nitrogen and oxygen atoms in total. The van der Waals surface area contributed by atoms with E-state index in [-0.39, 0.29) is 18.6 Å². The Hall–Kier alpha value is -1.59. The van der Waals surface area contributed by atoms with E-state index >= 15 is 0 Å². The minimum Gasteiger partial charge on any atom is -0.482 e. The van der Waals surface area contributed by atoms with Gasteiger partial charge >= 0.3 is 0 Å². The lowest BCUT2D eigenvalue weighted by Crippen LogP contribution is -2.35. The lowest BCUT2D eigenvalue weighted by molar-refractivity contribution is -0.120. The van der Waals surface area contributed by atoms with Crippen molar-refractivity contribution >= 4 is 11.6 Å². The first-order valence-corrected chi connectivity index (χ1v) is 6.06. The number of amides is 1. The normalized spacial score (nSPS) is 16.2. The molecule has 2 rings (SSSR count). The summed E-state index contributed by atoms with van der Waals surface area (Å²) in [6.07, 6.45) is 0. The number of hydrogen-bond donors (Lipinski definition) is 2. The van der Waals surface area contributed by atoms with Crippen LogP contribution in [0.25, 0.3) is 0 Å². The molecule has 0 fully saturated rings. The van der Waals surface area contributed by atoms with E-state index in [1.807, 2.05) is 25.1 Å². The van der Waals surface area contributed by atoms with Crippen LogP contribution in [-0.4, -0.2) is 32.1 Å². The fourth-order valence-electron chi connectivity index (χ4n) is 1.87. The number of likely N-dealkylation sites (N-methyl/N-ethyl adjacent to an activating group) is 1. The van der Waals surface area contributed by atoms with Crippen molar-refractivity contribution in [2.45, 2.75) is 19.5 Å². The molecule has 3 N–H and O–H groups in total. The Bertz CT molecular complexity index is 446. The van der Waals surface area contributed by atoms with Crippen LogP contribution in [0.3, 0.4) is 0 Å². The molecule has 5 heteroatoms. The van der Waals surface area contributed by atoms with Gasteiger partial charge < -0.3 is 20.7 Å². The van der Waals surface area contributed by atoms with E-state index in [1.165, 1.54) is 0 Å². The van der Waals surface area contributed by atoms with Crippen LogP contribution >= 0.6 is 0 Å². The Kier molecular flexibility index (Phi) is 3.84. The monoisotopic (exact) mass is 249 g/mol. The molecule has 0 bridgehead atoms. The van der Waals surface area contributed by atoms with E-state index in [4.69, 9.17) is 10.5 Å². The van der Waals surface area contributed by atoms with Crippen molar-refractivity contribution < 1.29 is 9.53 Å². The zero-order valence-electron chi connectivity index (χ0n) is 10.8. The molecule has 0 spiro atoms. The van der Waals surface area contributed by atoms with Crippen LogP contribution in [0.4, 0.5) is 5.69 Å². The van der Waals surface area contributed by atoms with Gasteiger partial charge in [0.15, 0.2) is 6.61 Å². The number of nitrogens with two attached hydrogens (primary N) is 1. The molecule has 18 heavy (non-hydrogen) atoms. The van der Waals surface area contributed by atoms with Crippen LogP contribution in [0, 0.1) is 0 Å². The predicted molar refractivity (Wildman–Crippen MR) is 70.7 cm³/mol. The maximum absolute atomic E-state index is 11.5. The highest BCUT2D eigenvalue weighted by Gasteiger charge is 2.22. The SMILES string of the molecule is CC(N)CNCc1ccc2c(c1)N(C)C(=O)CO2. The van der Waals surface area contributed by atoms with E-state index in [0.29, 0.717) is 0 Å². The van der Waals surface area contributed by atoms with Crippen LogP contribution in [0.15, 0.2) is 18.2 Å². The van der Waals surface area contributed by atoms with Crippen molar-refractivity contribution in [2.75, 3.05) is 25.1 Å². The summed E-state index contributed by atoms with van der Waals surface area (Å²) in [7, 11) is 1.77. The van der Waals surface area contributed by atoms with Crippen molar-refractivity contribution in [3.8, 4) is 5.75 Å². The topological polar surface area (TPSA) is 67.6 Å². The molecule has 0 aromatic heterocycles. The summed E-state index contributed by atoms with van der Waals surface area (Å²) in [5.74, 6) is 0.733. The van der Waals surface area contributed by atoms with E-state index < -0.39 is 0 Å². The van der Waals surface area contributed by atoms with Crippen LogP contribution in [0.2, 0.25) is 0 Å². The van der Waals surface area contributed by atoms with Crippen molar-refractivity contribution in [2.24, 2.45) is 5.73 Å². The number of nitrogens with zero attached hydrogens (tertiary/aromatic N) is 1. The summed E-state index contributed by atoms with van der Waals surface area (Å²) in [4.78, 5) is 13.2. The molecule has 0 radical (unpaired) electrons. The van der Waals surface area contributed by atoms with Gasteiger partial charge in [0, 0.05) is 26.2 Å². The first kappa shape index (κ1) is 12.9. The summed E-state index contributed by atoms with van der Waals surface area (Å²) >= 11 is 0. The number of hydrogen-bond acceptors (Lipinski definition) is 4. The van der Waals surface area contributed by atoms with Gasteiger partial charge in [0.25, 0.3) is 5.91 Å². The number of fused-ring (bicyclic) bond motifs is 1. The van der Waals surface area contributed by atoms with Crippen molar-refractivity contribution in [3.63, 3.8) is 0 Å². The average molecular weight is 249 g/mol. The number of carbonyl (C=O) groups excluding carboxylic acids is 1. The number of benzene rings is 1. The zero-order valence-corrected chi connectivity index (χ0v) is 10.8. The second-order valence-corrected chi connectivity index (χ2v) is 4.65. The fourth-order valence-corrected chi connectivity index (χ4v) is 1.87. The van der Waals surface area contributed by atoms with Gasteiger partial charge in [-0.1, -0.05) is 6.07 Å². The molecular formula is C13H19N3O2. The maximum Gasteiger partial charge on any atom is 0.264 e. The number of carbonyl (C=O) groups is 1. The second-order valence-electron chi connectivity index (χ2n) is 4.65. The molecule has 1 unspecified atom stereocenters. The highest BCUT2D eigenvalue weighted by Crippen LogP contribution is 2.31. The molecule has 0 saturated heterocycles. The lowest BCUT2D eigenvalue weighted by atomic mass is 10.1. The van der Waals surface area contributed by atoms with Gasteiger partial charge in [-0.25, -0.2) is 0 Å². The number of rotatable bonds is 4. The van der Waals surface area contributed by atoms with Gasteiger partial charge in [-0.15, -0.1) is 0 Å². The van der Waals surface area contributed by atoms with Crippen molar-refractivity contribution in [1.82, 2.24) is 5.32 Å². The predicted octanol–water partition coefficient (Wildman–Crippen LogP) is 0.479. The number of nitrogens with one attached hydrogen (secondary N) is 1. The third-order valence-electron chi connectivity index (χ3n) is 2.91. The molecule has 1 aromatic rings. The summed E-state index contributed by atoms with van der Waals surface area (Å²) in [6, 6.07) is 6.01. The van der Waals surface area contributed by atoms with Crippen LogP contribution in [0.5, 0.6) is 5.75 Å². The average Bonchev–Trinajstić information content (AvgIpc) is 2.34. The zero-order chi connectivity index (χ0) is 13.1. The standard InChI is InChI=1S/C13H19N3O2/c1-9(14)6-15-7-10-3-4-12-11(5-10)16(2)13(17)8-18-12/h3-5,9,15H,6-8,14H2,1-2H3. The molecule has 0 aliphatic carbocycles. The summed E-state index contributed by atoms with van der Waals surface area (Å²) < 4.78 is 5.37. The third-order valence-corrected chi connectivity index (χ3v) is 2.91. The largest absolute Gasteiger partial charge is 0.482 e. The molecule has 1 aliphatic rings. The molecule has 1 aromatic carbocycles. The highest BCUT2D eigenvalue weighted by molar-refractivity contribution is 5.97. The van der Waals surface area contributed by atoms with Gasteiger partial charge in [-0.3, -0.25) is 4.79 Å². The quantitative estimate of drug-likeness (QED) is 0.814. The summed E-state index contributed by atoms with van der Waals surface area (Å²) in [5, 5.41) is 3.26. The van der Waals surface area contributed by atoms with E-state index in [1.54, 1.807) is 11.9 Å². The highest BCUT2D eigenvalue weighted by atomic mass is 16.5. The molecule has 0 saturated carbocycles. The molecular weight excluding hydrogens is 230 g/mol. The van der Waals surface area contributed by atoms with E-state index in [2.05, 4.69) is 5.32 Å². The second kappa shape index (κ2) is 5.37. The Morgan fingerprint density at radius 1 is 1.56 bits per heavy atom. The van der Waals surface area contributed by atoms with Gasteiger partial charge in [0.1, 0.15) is 5.75 Å². The van der Waals surface area contributed by atoms with Gasteiger partial charge in [0.05, 0.1) is 5.69 Å². The number of ether oxygens (including phenoxy) is 1. The lowest BCUT2D eigenvalue weighted by Gasteiger charge is -2.26. The molecule has 1 amide bonds. The molecule has 1 heterocycles. The minimum atomic E-state index is -0.0248. The van der Waals surface area contributed by atoms with Crippen molar-refractivity contribution in [1.29, 1.82) is 0 Å². The number of anilines is 1. The third kappa shape index (κ3) is 2.80. The van der Waals surface area contributed by atoms with E-state index in [9.17, 15) is 4.79 Å². The molecule has 1 atom stereocenters. The van der Waals surface area contributed by atoms with Crippen LogP contribution in [0.1, 0.15) is 12.5 Å². The molecule has 1 aliphatic heterocycles. The summed E-state index contributed by atoms with van der Waals surface area (Å²) in [6.45, 7) is 3.57. The fraction of sp³-hybridized carbons (Fsp3) is 0.462. The van der Waals surface area contributed by atoms with Crippen LogP contribution < -0.4 is 20.7 Å². The smallest absolute Gasteiger partial charge is 0.264 e. The van der Waals surface area contributed by atoms with E-state index in [0.717, 1.165) is 30.1 Å². The minimum absolute atomic E-state index is 0.0248. The Labute approximate surface area is 107 Å². The summed E-state index contributed by atoms with van der Waals surface area (Å²) in [5.41, 5.74) is 7.61. The van der Waals surface area contributed by atoms with Gasteiger partial charge in [-0.2, -0.15) is 0 Å². The van der Waals surface area contributed by atoms with Crippen LogP contribution in [-0.2, 0) is 11.3 Å². The first-order chi connectivity index (χ1) is 8.58. The van der Waals surface area contributed by atoms with Gasteiger partial charge in [-0.05, 0) is 24.6 Å². The first-order valence-electron chi connectivity index (χ1n) is 6.06. The Morgan fingerprint density at radius 2 is 2.33 bits per heavy atom. The molecule has 98 valence electrons. The van der Waals surface area contributed by atoms with Crippen molar-refractivity contribution in [3.05, 3.63) is 23.8 Å². The van der Waals surface area contributed by atoms with Gasteiger partial charge in [0.2, 0.25) is 0 Å².